The van der Waals surface area contributed by atoms with E-state index in [9.17, 15) is 0 Å². The fourth-order valence-corrected chi connectivity index (χ4v) is 3.90. The minimum absolute atomic E-state index is 0.197. The predicted molar refractivity (Wildman–Crippen MR) is 131 cm³/mol. The van der Waals surface area contributed by atoms with Crippen molar-refractivity contribution in [2.24, 2.45) is 21.3 Å². The van der Waals surface area contributed by atoms with Gasteiger partial charge in [0.05, 0.1) is 6.61 Å². The van der Waals surface area contributed by atoms with Crippen molar-refractivity contribution in [3.63, 3.8) is 0 Å². The van der Waals surface area contributed by atoms with Crippen LogP contribution < -0.4 is 5.32 Å². The molecule has 2 atom stereocenters. The van der Waals surface area contributed by atoms with Crippen LogP contribution in [0.3, 0.4) is 0 Å². The lowest BCUT2D eigenvalue weighted by molar-refractivity contribution is 0.231. The lowest BCUT2D eigenvalue weighted by Crippen LogP contribution is -2.31. The molecule has 31 heavy (non-hydrogen) atoms. The molecule has 2 unspecified atom stereocenters. The second-order valence-corrected chi connectivity index (χ2v) is 8.34. The molecule has 2 bridgehead atoms. The first-order chi connectivity index (χ1) is 15.0. The molecule has 1 saturated carbocycles. The van der Waals surface area contributed by atoms with Gasteiger partial charge in [-0.2, -0.15) is 0 Å². The van der Waals surface area contributed by atoms with E-state index in [0.29, 0.717) is 24.2 Å². The molecule has 164 valence electrons. The Balaban J connectivity index is 1.89. The average molecular weight is 419 g/mol. The van der Waals surface area contributed by atoms with Gasteiger partial charge in [-0.3, -0.25) is 0 Å². The first-order valence-electron chi connectivity index (χ1n) is 10.9. The number of ether oxygens (including phenoxy) is 1. The molecule has 0 aromatic heterocycles. The Morgan fingerprint density at radius 3 is 3.03 bits per heavy atom. The highest BCUT2D eigenvalue weighted by atomic mass is 16.5. The third-order valence-corrected chi connectivity index (χ3v) is 5.77. The van der Waals surface area contributed by atoms with E-state index >= 15 is 0 Å². The molecular formula is C26H34N4O. The summed E-state index contributed by atoms with van der Waals surface area (Å²) < 4.78 is 5.72. The summed E-state index contributed by atoms with van der Waals surface area (Å²) in [6.45, 7) is 14.3. The Hall–Kier alpha value is -2.92. The van der Waals surface area contributed by atoms with E-state index in [0.717, 1.165) is 37.2 Å². The Bertz CT molecular complexity index is 916. The monoisotopic (exact) mass is 418 g/mol. The van der Waals surface area contributed by atoms with Crippen molar-refractivity contribution in [1.82, 2.24) is 10.2 Å². The highest BCUT2D eigenvalue weighted by molar-refractivity contribution is 5.96. The van der Waals surface area contributed by atoms with Gasteiger partial charge < -0.3 is 15.0 Å². The van der Waals surface area contributed by atoms with Crippen molar-refractivity contribution in [2.45, 2.75) is 26.7 Å². The largest absolute Gasteiger partial charge is 0.494 e. The van der Waals surface area contributed by atoms with Gasteiger partial charge in [0.2, 0.25) is 5.96 Å². The maximum absolute atomic E-state index is 5.72. The van der Waals surface area contributed by atoms with Crippen molar-refractivity contribution in [3.05, 3.63) is 84.5 Å². The van der Waals surface area contributed by atoms with Crippen molar-refractivity contribution in [1.29, 1.82) is 0 Å². The van der Waals surface area contributed by atoms with E-state index in [1.54, 1.807) is 12.3 Å². The number of allylic oxidation sites excluding steroid dienone is 8. The van der Waals surface area contributed by atoms with Crippen LogP contribution in [0.1, 0.15) is 26.7 Å². The zero-order chi connectivity index (χ0) is 22.3. The molecule has 1 heterocycles. The SMILES string of the molecule is C=CC1=C/C(=C)OCC/C=C/CN(C)CC23C=CC=C(NC(=N\C(C)=C/C)/N=C/1)C2C3. The smallest absolute Gasteiger partial charge is 0.227 e. The zero-order valence-electron chi connectivity index (χ0n) is 19.0. The molecule has 0 radical (unpaired) electrons. The molecule has 0 aromatic rings. The van der Waals surface area contributed by atoms with Gasteiger partial charge in [0.15, 0.2) is 0 Å². The molecule has 0 amide bonds. The predicted octanol–water partition coefficient (Wildman–Crippen LogP) is 4.92. The molecule has 0 saturated heterocycles. The fourth-order valence-electron chi connectivity index (χ4n) is 3.90. The number of nitrogens with one attached hydrogen (secondary N) is 1. The number of hydrogen-bond acceptors (Lipinski definition) is 3. The highest BCUT2D eigenvalue weighted by Gasteiger charge is 2.55. The third kappa shape index (κ3) is 6.28. The van der Waals surface area contributed by atoms with Crippen LogP contribution in [0.2, 0.25) is 0 Å². The van der Waals surface area contributed by atoms with E-state index in [4.69, 9.17) is 4.74 Å². The maximum atomic E-state index is 5.72. The summed E-state index contributed by atoms with van der Waals surface area (Å²) in [7, 11) is 2.18. The van der Waals surface area contributed by atoms with Crippen LogP contribution in [0.25, 0.3) is 0 Å². The van der Waals surface area contributed by atoms with E-state index < -0.39 is 0 Å². The number of nitrogens with zero attached hydrogens (tertiary/aromatic N) is 3. The molecule has 2 aliphatic carbocycles. The average Bonchev–Trinajstić information content (AvgIpc) is 3.47. The summed E-state index contributed by atoms with van der Waals surface area (Å²) in [4.78, 5) is 11.7. The third-order valence-electron chi connectivity index (χ3n) is 5.77. The number of likely N-dealkylation sites (N-methyl/N-ethyl adjacent to an activating group) is 1. The highest BCUT2D eigenvalue weighted by Crippen LogP contribution is 2.59. The lowest BCUT2D eigenvalue weighted by atomic mass is 9.96. The van der Waals surface area contributed by atoms with Gasteiger partial charge in [0, 0.05) is 42.0 Å². The Kier molecular flexibility index (Phi) is 7.64. The summed E-state index contributed by atoms with van der Waals surface area (Å²) in [5.41, 5.74) is 3.08. The number of guanidine groups is 1. The van der Waals surface area contributed by atoms with Crippen LogP contribution in [0.4, 0.5) is 0 Å². The van der Waals surface area contributed by atoms with Gasteiger partial charge in [-0.05, 0) is 51.5 Å². The normalized spacial score (nSPS) is 32.9. The molecule has 0 aromatic carbocycles. The molecule has 3 aliphatic rings. The maximum Gasteiger partial charge on any atom is 0.227 e. The fraction of sp³-hybridized carbons (Fsp3) is 0.385. The van der Waals surface area contributed by atoms with Gasteiger partial charge in [-0.15, -0.1) is 0 Å². The van der Waals surface area contributed by atoms with Gasteiger partial charge in [-0.1, -0.05) is 49.6 Å². The summed E-state index contributed by atoms with van der Waals surface area (Å²) in [5, 5.41) is 3.49. The molecule has 3 rings (SSSR count). The van der Waals surface area contributed by atoms with Gasteiger partial charge >= 0.3 is 0 Å². The zero-order valence-corrected chi connectivity index (χ0v) is 19.0. The Labute approximate surface area is 186 Å². The Morgan fingerprint density at radius 1 is 1.42 bits per heavy atom. The van der Waals surface area contributed by atoms with Crippen LogP contribution >= 0.6 is 0 Å². The van der Waals surface area contributed by atoms with Gasteiger partial charge in [0.1, 0.15) is 5.76 Å². The molecule has 5 nitrogen and oxygen atoms in total. The number of aliphatic imine (C=N–C) groups is 2. The summed E-state index contributed by atoms with van der Waals surface area (Å²) in [6.07, 6.45) is 20.3. The van der Waals surface area contributed by atoms with Crippen LogP contribution in [-0.4, -0.2) is 43.8 Å². The molecule has 1 fully saturated rings. The minimum atomic E-state index is 0.197. The first-order valence-corrected chi connectivity index (χ1v) is 10.9. The first kappa shape index (κ1) is 22.8. The molecule has 0 spiro atoms. The van der Waals surface area contributed by atoms with Crippen molar-refractivity contribution in [2.75, 3.05) is 26.7 Å². The van der Waals surface area contributed by atoms with Gasteiger partial charge in [0.25, 0.3) is 0 Å². The molecule has 1 aliphatic heterocycles. The van der Waals surface area contributed by atoms with Crippen LogP contribution in [0.15, 0.2) is 94.5 Å². The van der Waals surface area contributed by atoms with Crippen LogP contribution in [-0.2, 0) is 4.74 Å². The van der Waals surface area contributed by atoms with Crippen LogP contribution in [0, 0.1) is 11.3 Å². The summed E-state index contributed by atoms with van der Waals surface area (Å²) >= 11 is 0. The Morgan fingerprint density at radius 2 is 2.26 bits per heavy atom. The van der Waals surface area contributed by atoms with Crippen molar-refractivity contribution in [3.8, 4) is 0 Å². The lowest BCUT2D eigenvalue weighted by Gasteiger charge is -2.24. The number of rotatable bonds is 2. The van der Waals surface area contributed by atoms with E-state index in [-0.39, 0.29) is 5.41 Å². The second-order valence-electron chi connectivity index (χ2n) is 8.34. The molecule has 1 N–H and O–H groups in total. The quantitative estimate of drug-likeness (QED) is 0.648. The van der Waals surface area contributed by atoms with Crippen molar-refractivity contribution < 1.29 is 4.74 Å². The molecule has 5 heteroatoms. The number of hydrogen-bond donors (Lipinski definition) is 1. The minimum Gasteiger partial charge on any atom is -0.494 e. The molecular weight excluding hydrogens is 384 g/mol. The standard InChI is InChI=1S/C26H34N4O/c1-6-20(3)28-25-27-18-22(7-2)16-21(4)31-15-10-8-9-14-30(5)19-26-13-11-12-24(29-25)23(26)17-26/h6-9,11-13,16,18,23H,2,4,10,14-15,17,19H2,1,3,5H3,(H,28,29)/b9-8+,20-6-,22-16+,27-18+. The van der Waals surface area contributed by atoms with E-state index in [2.05, 4.69) is 70.8 Å². The van der Waals surface area contributed by atoms with E-state index in [1.807, 2.05) is 26.0 Å². The topological polar surface area (TPSA) is 49.2 Å². The van der Waals surface area contributed by atoms with E-state index in [1.165, 1.54) is 5.70 Å². The van der Waals surface area contributed by atoms with Crippen molar-refractivity contribution >= 4 is 12.2 Å². The second kappa shape index (κ2) is 10.4. The van der Waals surface area contributed by atoms with Crippen LogP contribution in [0.5, 0.6) is 0 Å². The van der Waals surface area contributed by atoms with Gasteiger partial charge in [-0.25, -0.2) is 9.98 Å². The summed E-state index contributed by atoms with van der Waals surface area (Å²) in [6, 6.07) is 0. The summed E-state index contributed by atoms with van der Waals surface area (Å²) in [5.74, 6) is 1.62.